The van der Waals surface area contributed by atoms with E-state index in [0.29, 0.717) is 48.3 Å². The van der Waals surface area contributed by atoms with Gasteiger partial charge in [-0.15, -0.1) is 0 Å². The average molecular weight is 559 g/mol. The molecule has 1 aliphatic rings. The molecule has 0 radical (unpaired) electrons. The first-order valence-corrected chi connectivity index (χ1v) is 12.0. The number of alkyl halides is 3. The molecular formula is C25H22BrF3N6O. The van der Waals surface area contributed by atoms with Gasteiger partial charge in [0.1, 0.15) is 5.82 Å². The molecule has 11 heteroatoms. The summed E-state index contributed by atoms with van der Waals surface area (Å²) in [4.78, 5) is 23.9. The summed E-state index contributed by atoms with van der Waals surface area (Å²) in [5.74, 6) is 0.529. The molecule has 4 aromatic rings. The van der Waals surface area contributed by atoms with Crippen molar-refractivity contribution < 1.29 is 18.0 Å². The lowest BCUT2D eigenvalue weighted by Crippen LogP contribution is -2.37. The molecule has 36 heavy (non-hydrogen) atoms. The molecular weight excluding hydrogens is 537 g/mol. The Morgan fingerprint density at radius 2 is 1.83 bits per heavy atom. The molecule has 0 aliphatic carbocycles. The maximum Gasteiger partial charge on any atom is 0.435 e. The zero-order valence-electron chi connectivity index (χ0n) is 19.6. The number of hydrogen-bond donors (Lipinski definition) is 0. The van der Waals surface area contributed by atoms with Crippen LogP contribution < -0.4 is 0 Å². The molecule has 5 rings (SSSR count). The van der Waals surface area contributed by atoms with E-state index >= 15 is 0 Å². The Morgan fingerprint density at radius 1 is 1.06 bits per heavy atom. The summed E-state index contributed by atoms with van der Waals surface area (Å²) in [6, 6.07) is 7.17. The van der Waals surface area contributed by atoms with Crippen LogP contribution in [0.5, 0.6) is 0 Å². The summed E-state index contributed by atoms with van der Waals surface area (Å²) < 4.78 is 45.5. The molecule has 4 heterocycles. The Bertz CT molecular complexity index is 1460. The first kappa shape index (κ1) is 24.2. The maximum absolute atomic E-state index is 13.9. The average Bonchev–Trinajstić information content (AvgIpc) is 3.41. The Kier molecular flexibility index (Phi) is 6.19. The fourth-order valence-corrected chi connectivity index (χ4v) is 4.97. The van der Waals surface area contributed by atoms with Crippen molar-refractivity contribution in [3.63, 3.8) is 0 Å². The first-order chi connectivity index (χ1) is 17.1. The van der Waals surface area contributed by atoms with Crippen LogP contribution >= 0.6 is 15.9 Å². The Hall–Kier alpha value is -3.47. The van der Waals surface area contributed by atoms with Gasteiger partial charge in [0.2, 0.25) is 0 Å². The summed E-state index contributed by atoms with van der Waals surface area (Å²) in [6.45, 7) is 2.89. The van der Waals surface area contributed by atoms with Crippen molar-refractivity contribution in [1.29, 1.82) is 0 Å². The van der Waals surface area contributed by atoms with Gasteiger partial charge < -0.3 is 9.47 Å². The lowest BCUT2D eigenvalue weighted by Gasteiger charge is -2.30. The van der Waals surface area contributed by atoms with E-state index in [1.807, 2.05) is 17.6 Å². The summed E-state index contributed by atoms with van der Waals surface area (Å²) >= 11 is 3.42. The number of benzene rings is 1. The summed E-state index contributed by atoms with van der Waals surface area (Å²) in [7, 11) is 1.46. The largest absolute Gasteiger partial charge is 0.435 e. The van der Waals surface area contributed by atoms with Crippen LogP contribution in [0.4, 0.5) is 13.2 Å². The number of hydrogen-bond acceptors (Lipinski definition) is 4. The normalized spacial score (nSPS) is 13.8. The van der Waals surface area contributed by atoms with Crippen LogP contribution in [0.25, 0.3) is 11.1 Å². The second kappa shape index (κ2) is 9.20. The van der Waals surface area contributed by atoms with Crippen molar-refractivity contribution in [2.75, 3.05) is 6.54 Å². The van der Waals surface area contributed by atoms with Crippen LogP contribution in [0.15, 0.2) is 53.5 Å². The van der Waals surface area contributed by atoms with Crippen LogP contribution in [-0.4, -0.2) is 41.7 Å². The van der Waals surface area contributed by atoms with Gasteiger partial charge in [-0.05, 0) is 54.3 Å². The minimum atomic E-state index is -4.63. The molecule has 7 nitrogen and oxygen atoms in total. The van der Waals surface area contributed by atoms with E-state index in [2.05, 4.69) is 31.0 Å². The summed E-state index contributed by atoms with van der Waals surface area (Å²) in [5.41, 5.74) is 1.82. The number of rotatable bonds is 5. The number of fused-ring (bicyclic) bond motifs is 1. The predicted molar refractivity (Wildman–Crippen MR) is 130 cm³/mol. The van der Waals surface area contributed by atoms with Gasteiger partial charge in [-0.3, -0.25) is 14.5 Å². The quantitative estimate of drug-likeness (QED) is 0.345. The fourth-order valence-electron chi connectivity index (χ4n) is 4.59. The van der Waals surface area contributed by atoms with E-state index in [1.165, 1.54) is 13.2 Å². The van der Waals surface area contributed by atoms with E-state index in [4.69, 9.17) is 0 Å². The Morgan fingerprint density at radius 3 is 2.53 bits per heavy atom. The van der Waals surface area contributed by atoms with Gasteiger partial charge in [-0.2, -0.15) is 18.3 Å². The molecule has 0 atom stereocenters. The lowest BCUT2D eigenvalue weighted by molar-refractivity contribution is -0.140. The fraction of sp³-hybridized carbons (Fsp3) is 0.280. The highest BCUT2D eigenvalue weighted by Crippen LogP contribution is 2.40. The maximum atomic E-state index is 13.9. The highest BCUT2D eigenvalue weighted by Gasteiger charge is 2.39. The number of amides is 1. The molecule has 1 amide bonds. The van der Waals surface area contributed by atoms with Crippen molar-refractivity contribution in [2.24, 2.45) is 7.05 Å². The number of aromatic nitrogens is 5. The van der Waals surface area contributed by atoms with Crippen LogP contribution in [-0.2, 0) is 32.7 Å². The standard InChI is InChI=1S/C25H22BrF3N6O/c1-15-30-6-8-34(15)12-16-9-20(22-14-33(2)32-23(22)25(27,28)29)19-4-7-35(24(36)21(19)10-16)13-18-11-17(26)3-5-31-18/h3,5-6,8-11,14H,4,7,12-13H2,1-2H3. The molecule has 3 aromatic heterocycles. The van der Waals surface area contributed by atoms with E-state index in [1.54, 1.807) is 41.7 Å². The van der Waals surface area contributed by atoms with Gasteiger partial charge >= 0.3 is 6.18 Å². The van der Waals surface area contributed by atoms with Crippen LogP contribution in [0, 0.1) is 6.92 Å². The number of carbonyl (C=O) groups is 1. The van der Waals surface area contributed by atoms with Crippen molar-refractivity contribution in [3.05, 3.63) is 87.4 Å². The third kappa shape index (κ3) is 4.67. The van der Waals surface area contributed by atoms with Crippen molar-refractivity contribution in [2.45, 2.75) is 32.6 Å². The van der Waals surface area contributed by atoms with Crippen LogP contribution in [0.2, 0.25) is 0 Å². The number of carbonyl (C=O) groups excluding carboxylic acids is 1. The highest BCUT2D eigenvalue weighted by molar-refractivity contribution is 9.10. The molecule has 0 spiro atoms. The SMILES string of the molecule is Cc1nccn1Cc1cc2c(c(-c3cn(C)nc3C(F)(F)F)c1)CCN(Cc1cc(Br)ccn1)C2=O. The molecule has 0 fully saturated rings. The molecule has 1 aliphatic heterocycles. The Balaban J connectivity index is 1.61. The molecule has 0 unspecified atom stereocenters. The van der Waals surface area contributed by atoms with Gasteiger partial charge in [0.25, 0.3) is 5.91 Å². The second-order valence-corrected chi connectivity index (χ2v) is 9.69. The minimum absolute atomic E-state index is 0.0274. The van der Waals surface area contributed by atoms with Crippen molar-refractivity contribution in [1.82, 2.24) is 29.2 Å². The van der Waals surface area contributed by atoms with E-state index in [9.17, 15) is 18.0 Å². The van der Waals surface area contributed by atoms with E-state index in [0.717, 1.165) is 20.7 Å². The number of pyridine rings is 1. The predicted octanol–water partition coefficient (Wildman–Crippen LogP) is 5.02. The minimum Gasteiger partial charge on any atom is -0.332 e. The van der Waals surface area contributed by atoms with Crippen LogP contribution in [0.1, 0.15) is 38.7 Å². The number of halogens is 4. The zero-order valence-corrected chi connectivity index (χ0v) is 21.1. The monoisotopic (exact) mass is 558 g/mol. The third-order valence-corrected chi connectivity index (χ3v) is 6.75. The van der Waals surface area contributed by atoms with Crippen molar-refractivity contribution >= 4 is 21.8 Å². The van der Waals surface area contributed by atoms with Gasteiger partial charge in [0, 0.05) is 60.5 Å². The number of nitrogens with zero attached hydrogens (tertiary/aromatic N) is 6. The topological polar surface area (TPSA) is 68.8 Å². The third-order valence-electron chi connectivity index (χ3n) is 6.25. The molecule has 0 N–H and O–H groups in total. The first-order valence-electron chi connectivity index (χ1n) is 11.2. The lowest BCUT2D eigenvalue weighted by atomic mass is 9.88. The smallest absolute Gasteiger partial charge is 0.332 e. The van der Waals surface area contributed by atoms with Gasteiger partial charge in [0.15, 0.2) is 5.69 Å². The zero-order chi connectivity index (χ0) is 25.6. The van der Waals surface area contributed by atoms with Crippen LogP contribution in [0.3, 0.4) is 0 Å². The Labute approximate surface area is 213 Å². The molecule has 0 bridgehead atoms. The van der Waals surface area contributed by atoms with Gasteiger partial charge in [-0.1, -0.05) is 15.9 Å². The molecule has 0 saturated heterocycles. The molecule has 1 aromatic carbocycles. The molecule has 0 saturated carbocycles. The van der Waals surface area contributed by atoms with E-state index in [-0.39, 0.29) is 11.5 Å². The van der Waals surface area contributed by atoms with Crippen molar-refractivity contribution in [3.8, 4) is 11.1 Å². The molecule has 186 valence electrons. The van der Waals surface area contributed by atoms with Gasteiger partial charge in [0.05, 0.1) is 12.2 Å². The highest BCUT2D eigenvalue weighted by atomic mass is 79.9. The van der Waals surface area contributed by atoms with E-state index < -0.39 is 11.9 Å². The number of imidazole rings is 1. The van der Waals surface area contributed by atoms with Gasteiger partial charge in [-0.25, -0.2) is 4.98 Å². The number of aryl methyl sites for hydroxylation is 2. The summed E-state index contributed by atoms with van der Waals surface area (Å²) in [6.07, 6.45) is 2.28. The second-order valence-electron chi connectivity index (χ2n) is 8.78. The summed E-state index contributed by atoms with van der Waals surface area (Å²) in [5, 5.41) is 3.69.